The molecule has 0 fully saturated rings. The van der Waals surface area contributed by atoms with E-state index in [1.165, 1.54) is 23.2 Å². The molecular weight excluding hydrogens is 258 g/mol. The quantitative estimate of drug-likeness (QED) is 0.794. The number of nitrogens with one attached hydrogen (secondary N) is 1. The Kier molecular flexibility index (Phi) is 3.00. The van der Waals surface area contributed by atoms with E-state index >= 15 is 0 Å². The maximum absolute atomic E-state index is 4.60. The van der Waals surface area contributed by atoms with Crippen molar-refractivity contribution in [2.45, 2.75) is 25.8 Å². The minimum atomic E-state index is 0.667. The van der Waals surface area contributed by atoms with Gasteiger partial charge in [0.2, 0.25) is 0 Å². The molecule has 0 spiro atoms. The summed E-state index contributed by atoms with van der Waals surface area (Å²) in [5.41, 5.74) is 6.43. The maximum atomic E-state index is 4.60. The van der Waals surface area contributed by atoms with Gasteiger partial charge in [0.15, 0.2) is 0 Å². The fourth-order valence-electron chi connectivity index (χ4n) is 3.29. The van der Waals surface area contributed by atoms with Crippen LogP contribution in [0.4, 0.5) is 0 Å². The summed E-state index contributed by atoms with van der Waals surface area (Å²) in [7, 11) is 0. The zero-order chi connectivity index (χ0) is 14.2. The first-order valence-corrected chi connectivity index (χ1v) is 7.54. The number of aryl methyl sites for hydroxylation is 1. The Bertz CT molecular complexity index is 788. The highest BCUT2D eigenvalue weighted by atomic mass is 15.0. The summed E-state index contributed by atoms with van der Waals surface area (Å²) in [5, 5.41) is 3.60. The third-order valence-electron chi connectivity index (χ3n) is 4.47. The molecule has 0 bridgehead atoms. The summed E-state index contributed by atoms with van der Waals surface area (Å²) in [5.74, 6) is 0.667. The van der Waals surface area contributed by atoms with Gasteiger partial charge in [0.25, 0.3) is 0 Å². The standard InChI is InChI=1S/C18H19N3/c1-13-17(21-9-5-4-8-18(21)20-13)12-19-11-15-10-14-6-2-3-7-16(14)15/h2-9,15,19H,10-12H2,1H3. The molecule has 1 atom stereocenters. The molecule has 0 radical (unpaired) electrons. The van der Waals surface area contributed by atoms with Crippen LogP contribution in [0.2, 0.25) is 0 Å². The number of benzene rings is 1. The molecule has 0 aliphatic heterocycles. The SMILES string of the molecule is Cc1nc2ccccn2c1CNCC1Cc2ccccc21. The van der Waals surface area contributed by atoms with Crippen molar-refractivity contribution in [2.75, 3.05) is 6.54 Å². The Morgan fingerprint density at radius 2 is 2.05 bits per heavy atom. The largest absolute Gasteiger partial charge is 0.311 e. The molecule has 21 heavy (non-hydrogen) atoms. The molecule has 0 amide bonds. The van der Waals surface area contributed by atoms with Crippen LogP contribution in [0.5, 0.6) is 0 Å². The molecule has 2 aromatic heterocycles. The van der Waals surface area contributed by atoms with Crippen LogP contribution in [-0.4, -0.2) is 15.9 Å². The molecule has 1 aromatic carbocycles. The Labute approximate surface area is 124 Å². The lowest BCUT2D eigenvalue weighted by molar-refractivity contribution is 0.531. The zero-order valence-corrected chi connectivity index (χ0v) is 12.2. The van der Waals surface area contributed by atoms with Gasteiger partial charge in [0.1, 0.15) is 5.65 Å². The second-order valence-corrected chi connectivity index (χ2v) is 5.80. The van der Waals surface area contributed by atoms with E-state index in [9.17, 15) is 0 Å². The Morgan fingerprint density at radius 1 is 1.19 bits per heavy atom. The molecule has 1 unspecified atom stereocenters. The van der Waals surface area contributed by atoms with Crippen LogP contribution in [0.3, 0.4) is 0 Å². The van der Waals surface area contributed by atoms with Crippen LogP contribution in [0.1, 0.15) is 28.4 Å². The summed E-state index contributed by atoms with van der Waals surface area (Å²) in [6, 6.07) is 14.9. The number of nitrogens with zero attached hydrogens (tertiary/aromatic N) is 2. The van der Waals surface area contributed by atoms with Crippen LogP contribution in [0, 0.1) is 6.92 Å². The van der Waals surface area contributed by atoms with Crippen molar-refractivity contribution in [1.29, 1.82) is 0 Å². The first-order chi connectivity index (χ1) is 10.3. The number of rotatable bonds is 4. The predicted octanol–water partition coefficient (Wildman–Crippen LogP) is 3.07. The average molecular weight is 277 g/mol. The highest BCUT2D eigenvalue weighted by Gasteiger charge is 2.24. The lowest BCUT2D eigenvalue weighted by Gasteiger charge is -2.30. The van der Waals surface area contributed by atoms with E-state index in [4.69, 9.17) is 0 Å². The molecular formula is C18H19N3. The number of fused-ring (bicyclic) bond motifs is 2. The average Bonchev–Trinajstić information content (AvgIpc) is 2.80. The molecule has 1 aliphatic carbocycles. The first kappa shape index (κ1) is 12.6. The molecule has 3 heteroatoms. The molecule has 0 saturated carbocycles. The van der Waals surface area contributed by atoms with Gasteiger partial charge in [0.05, 0.1) is 11.4 Å². The van der Waals surface area contributed by atoms with Crippen LogP contribution < -0.4 is 5.32 Å². The van der Waals surface area contributed by atoms with Gasteiger partial charge in [0, 0.05) is 25.2 Å². The van der Waals surface area contributed by atoms with Crippen LogP contribution in [-0.2, 0) is 13.0 Å². The van der Waals surface area contributed by atoms with Crippen molar-refractivity contribution in [2.24, 2.45) is 0 Å². The molecule has 3 nitrogen and oxygen atoms in total. The third kappa shape index (κ3) is 2.14. The predicted molar refractivity (Wildman–Crippen MR) is 84.5 cm³/mol. The topological polar surface area (TPSA) is 29.3 Å². The minimum Gasteiger partial charge on any atom is -0.311 e. The number of aromatic nitrogens is 2. The van der Waals surface area contributed by atoms with Crippen LogP contribution in [0.15, 0.2) is 48.7 Å². The van der Waals surface area contributed by atoms with Gasteiger partial charge in [-0.2, -0.15) is 0 Å². The Hall–Kier alpha value is -2.13. The van der Waals surface area contributed by atoms with Crippen molar-refractivity contribution >= 4 is 5.65 Å². The van der Waals surface area contributed by atoms with E-state index in [0.717, 1.165) is 24.4 Å². The normalized spacial score (nSPS) is 16.7. The first-order valence-electron chi connectivity index (χ1n) is 7.54. The second-order valence-electron chi connectivity index (χ2n) is 5.80. The Balaban J connectivity index is 1.44. The summed E-state index contributed by atoms with van der Waals surface area (Å²) in [4.78, 5) is 4.60. The van der Waals surface area contributed by atoms with Gasteiger partial charge < -0.3 is 9.72 Å². The highest BCUT2D eigenvalue weighted by Crippen LogP contribution is 2.34. The minimum absolute atomic E-state index is 0.667. The molecule has 3 aromatic rings. The zero-order valence-electron chi connectivity index (χ0n) is 12.2. The third-order valence-corrected chi connectivity index (χ3v) is 4.47. The summed E-state index contributed by atoms with van der Waals surface area (Å²) >= 11 is 0. The van der Waals surface area contributed by atoms with Gasteiger partial charge in [-0.3, -0.25) is 0 Å². The van der Waals surface area contributed by atoms with Gasteiger partial charge in [-0.05, 0) is 36.6 Å². The Morgan fingerprint density at radius 3 is 2.95 bits per heavy atom. The van der Waals surface area contributed by atoms with E-state index in [0.29, 0.717) is 5.92 Å². The van der Waals surface area contributed by atoms with Crippen molar-refractivity contribution in [3.8, 4) is 0 Å². The summed E-state index contributed by atoms with van der Waals surface area (Å²) in [6.07, 6.45) is 3.29. The van der Waals surface area contributed by atoms with Crippen LogP contribution >= 0.6 is 0 Å². The molecule has 2 heterocycles. The summed E-state index contributed by atoms with van der Waals surface area (Å²) in [6.45, 7) is 3.99. The fraction of sp³-hybridized carbons (Fsp3) is 0.278. The van der Waals surface area contributed by atoms with Gasteiger partial charge in [-0.15, -0.1) is 0 Å². The van der Waals surface area contributed by atoms with Gasteiger partial charge in [-0.25, -0.2) is 4.98 Å². The van der Waals surface area contributed by atoms with E-state index in [2.05, 4.69) is 64.2 Å². The van der Waals surface area contributed by atoms with E-state index in [1.807, 2.05) is 6.07 Å². The molecule has 1 aliphatic rings. The summed E-state index contributed by atoms with van der Waals surface area (Å²) < 4.78 is 2.18. The number of imidazole rings is 1. The van der Waals surface area contributed by atoms with Crippen LogP contribution in [0.25, 0.3) is 5.65 Å². The molecule has 106 valence electrons. The van der Waals surface area contributed by atoms with Gasteiger partial charge >= 0.3 is 0 Å². The second kappa shape index (κ2) is 5.01. The number of hydrogen-bond acceptors (Lipinski definition) is 2. The van der Waals surface area contributed by atoms with E-state index < -0.39 is 0 Å². The fourth-order valence-corrected chi connectivity index (χ4v) is 3.29. The lowest BCUT2D eigenvalue weighted by Crippen LogP contribution is -2.29. The monoisotopic (exact) mass is 277 g/mol. The van der Waals surface area contributed by atoms with Crippen molar-refractivity contribution in [1.82, 2.24) is 14.7 Å². The molecule has 1 N–H and O–H groups in total. The lowest BCUT2D eigenvalue weighted by atomic mass is 9.77. The van der Waals surface area contributed by atoms with E-state index in [1.54, 1.807) is 0 Å². The van der Waals surface area contributed by atoms with Crippen molar-refractivity contribution in [3.05, 3.63) is 71.2 Å². The smallest absolute Gasteiger partial charge is 0.137 e. The van der Waals surface area contributed by atoms with Gasteiger partial charge in [-0.1, -0.05) is 30.3 Å². The maximum Gasteiger partial charge on any atom is 0.137 e. The van der Waals surface area contributed by atoms with Crippen molar-refractivity contribution in [3.63, 3.8) is 0 Å². The van der Waals surface area contributed by atoms with Crippen molar-refractivity contribution < 1.29 is 0 Å². The number of pyridine rings is 1. The molecule has 4 rings (SSSR count). The van der Waals surface area contributed by atoms with E-state index in [-0.39, 0.29) is 0 Å². The highest BCUT2D eigenvalue weighted by molar-refractivity contribution is 5.43. The molecule has 0 saturated heterocycles. The number of hydrogen-bond donors (Lipinski definition) is 1.